The van der Waals surface area contributed by atoms with Crippen molar-refractivity contribution in [3.05, 3.63) is 0 Å². The number of nitrogens with two attached hydrogens (primary N) is 1. The molecule has 2 fully saturated rings. The molecule has 2 atom stereocenters. The van der Waals surface area contributed by atoms with E-state index in [1.54, 1.807) is 0 Å². The van der Waals surface area contributed by atoms with Crippen LogP contribution in [0.3, 0.4) is 0 Å². The van der Waals surface area contributed by atoms with Crippen molar-refractivity contribution in [2.24, 2.45) is 11.1 Å². The molecule has 1 saturated heterocycles. The van der Waals surface area contributed by atoms with Crippen LogP contribution in [0, 0.1) is 5.41 Å². The number of methoxy groups -OCH3 is 1. The van der Waals surface area contributed by atoms with Crippen molar-refractivity contribution < 1.29 is 4.74 Å². The van der Waals surface area contributed by atoms with Gasteiger partial charge in [-0.25, -0.2) is 0 Å². The Morgan fingerprint density at radius 2 is 1.89 bits per heavy atom. The molecule has 2 N–H and O–H groups in total. The Hall–Kier alpha value is -0.120. The minimum Gasteiger partial charge on any atom is -0.381 e. The van der Waals surface area contributed by atoms with E-state index in [9.17, 15) is 0 Å². The lowest BCUT2D eigenvalue weighted by Crippen LogP contribution is -2.54. The molecule has 106 valence electrons. The van der Waals surface area contributed by atoms with Crippen LogP contribution in [0.5, 0.6) is 0 Å². The number of hydrogen-bond donors (Lipinski definition) is 1. The Balaban J connectivity index is 1.92. The van der Waals surface area contributed by atoms with Crippen LogP contribution in [0.15, 0.2) is 0 Å². The fourth-order valence-electron chi connectivity index (χ4n) is 3.67. The summed E-state index contributed by atoms with van der Waals surface area (Å²) < 4.78 is 5.51. The molecule has 0 aromatic carbocycles. The highest BCUT2D eigenvalue weighted by molar-refractivity contribution is 4.91. The van der Waals surface area contributed by atoms with E-state index in [4.69, 9.17) is 10.5 Å². The second-order valence-corrected chi connectivity index (χ2v) is 6.90. The first kappa shape index (κ1) is 14.3. The van der Waals surface area contributed by atoms with Gasteiger partial charge < -0.3 is 10.5 Å². The molecule has 1 aliphatic carbocycles. The van der Waals surface area contributed by atoms with Crippen molar-refractivity contribution in [3.63, 3.8) is 0 Å². The van der Waals surface area contributed by atoms with E-state index in [-0.39, 0.29) is 0 Å². The van der Waals surface area contributed by atoms with Gasteiger partial charge in [-0.2, -0.15) is 0 Å². The zero-order valence-corrected chi connectivity index (χ0v) is 12.3. The van der Waals surface area contributed by atoms with E-state index in [0.29, 0.717) is 17.6 Å². The van der Waals surface area contributed by atoms with Crippen LogP contribution in [0.1, 0.15) is 52.4 Å². The molecule has 18 heavy (non-hydrogen) atoms. The number of piperidine rings is 1. The van der Waals surface area contributed by atoms with Crippen molar-refractivity contribution in [2.45, 2.75) is 70.6 Å². The van der Waals surface area contributed by atoms with Crippen LogP contribution in [-0.2, 0) is 4.74 Å². The van der Waals surface area contributed by atoms with Gasteiger partial charge in [-0.15, -0.1) is 0 Å². The molecule has 3 heteroatoms. The van der Waals surface area contributed by atoms with Gasteiger partial charge in [-0.1, -0.05) is 13.8 Å². The molecule has 2 rings (SSSR count). The van der Waals surface area contributed by atoms with Crippen molar-refractivity contribution in [3.8, 4) is 0 Å². The van der Waals surface area contributed by atoms with E-state index in [0.717, 1.165) is 19.0 Å². The molecule has 2 aliphatic rings. The molecular formula is C15H30N2O. The second-order valence-electron chi connectivity index (χ2n) is 6.90. The normalized spacial score (nSPS) is 34.7. The Morgan fingerprint density at radius 3 is 2.44 bits per heavy atom. The van der Waals surface area contributed by atoms with Gasteiger partial charge in [0.05, 0.1) is 6.10 Å². The number of ether oxygens (including phenoxy) is 1. The van der Waals surface area contributed by atoms with E-state index in [1.807, 2.05) is 7.11 Å². The van der Waals surface area contributed by atoms with E-state index >= 15 is 0 Å². The lowest BCUT2D eigenvalue weighted by atomic mass is 9.74. The van der Waals surface area contributed by atoms with Crippen molar-refractivity contribution >= 4 is 0 Å². The monoisotopic (exact) mass is 254 g/mol. The molecule has 0 spiro atoms. The number of likely N-dealkylation sites (tertiary alicyclic amines) is 1. The van der Waals surface area contributed by atoms with Gasteiger partial charge in [0.1, 0.15) is 0 Å². The molecule has 2 unspecified atom stereocenters. The Bertz CT molecular complexity index is 257. The summed E-state index contributed by atoms with van der Waals surface area (Å²) in [5.41, 5.74) is 6.53. The number of hydrogen-bond acceptors (Lipinski definition) is 3. The van der Waals surface area contributed by atoms with Crippen molar-refractivity contribution in [2.75, 3.05) is 20.2 Å². The summed E-state index contributed by atoms with van der Waals surface area (Å²) in [7, 11) is 1.83. The molecule has 3 nitrogen and oxygen atoms in total. The number of nitrogens with zero attached hydrogens (tertiary/aromatic N) is 1. The van der Waals surface area contributed by atoms with Gasteiger partial charge in [0.15, 0.2) is 0 Å². The van der Waals surface area contributed by atoms with E-state index in [1.165, 1.54) is 38.6 Å². The first-order valence-electron chi connectivity index (χ1n) is 7.54. The topological polar surface area (TPSA) is 38.5 Å². The molecular weight excluding hydrogens is 224 g/mol. The predicted molar refractivity (Wildman–Crippen MR) is 75.6 cm³/mol. The van der Waals surface area contributed by atoms with Crippen molar-refractivity contribution in [1.29, 1.82) is 0 Å². The standard InChI is InChI=1S/C15H30N2O/c1-15(2)7-4-12(5-8-15)17-9-6-14(18-3)10-13(17)11-16/h12-14H,4-11,16H2,1-3H3. The van der Waals surface area contributed by atoms with Crippen LogP contribution in [0.4, 0.5) is 0 Å². The summed E-state index contributed by atoms with van der Waals surface area (Å²) in [6.45, 7) is 6.76. The van der Waals surface area contributed by atoms with E-state index < -0.39 is 0 Å². The average Bonchev–Trinajstić information content (AvgIpc) is 2.38. The summed E-state index contributed by atoms with van der Waals surface area (Å²) >= 11 is 0. The maximum absolute atomic E-state index is 5.97. The second kappa shape index (κ2) is 5.89. The van der Waals surface area contributed by atoms with Gasteiger partial charge >= 0.3 is 0 Å². The Morgan fingerprint density at radius 1 is 1.22 bits per heavy atom. The quantitative estimate of drug-likeness (QED) is 0.840. The highest BCUT2D eigenvalue weighted by Gasteiger charge is 2.35. The maximum Gasteiger partial charge on any atom is 0.0599 e. The predicted octanol–water partition coefficient (Wildman–Crippen LogP) is 2.39. The SMILES string of the molecule is COC1CCN(C2CCC(C)(C)CC2)C(CN)C1. The zero-order valence-electron chi connectivity index (χ0n) is 12.3. The summed E-state index contributed by atoms with van der Waals surface area (Å²) in [5, 5.41) is 0. The highest BCUT2D eigenvalue weighted by Crippen LogP contribution is 2.38. The van der Waals surface area contributed by atoms with E-state index in [2.05, 4.69) is 18.7 Å². The zero-order chi connectivity index (χ0) is 13.2. The fraction of sp³-hybridized carbons (Fsp3) is 1.00. The van der Waals surface area contributed by atoms with Crippen LogP contribution in [-0.4, -0.2) is 43.3 Å². The third kappa shape index (κ3) is 3.25. The molecule has 0 aromatic heterocycles. The van der Waals surface area contributed by atoms with Crippen LogP contribution >= 0.6 is 0 Å². The highest BCUT2D eigenvalue weighted by atomic mass is 16.5. The third-order valence-electron chi connectivity index (χ3n) is 5.10. The van der Waals surface area contributed by atoms with Gasteiger partial charge in [-0.05, 0) is 43.9 Å². The largest absolute Gasteiger partial charge is 0.381 e. The van der Waals surface area contributed by atoms with Crippen molar-refractivity contribution in [1.82, 2.24) is 4.90 Å². The van der Waals surface area contributed by atoms with Gasteiger partial charge in [0.2, 0.25) is 0 Å². The van der Waals surface area contributed by atoms with Crippen LogP contribution in [0.25, 0.3) is 0 Å². The fourth-order valence-corrected chi connectivity index (χ4v) is 3.67. The minimum atomic E-state index is 0.426. The third-order valence-corrected chi connectivity index (χ3v) is 5.10. The lowest BCUT2D eigenvalue weighted by molar-refractivity contribution is -0.0180. The first-order valence-corrected chi connectivity index (χ1v) is 7.54. The summed E-state index contributed by atoms with van der Waals surface area (Å²) in [5.74, 6) is 0. The minimum absolute atomic E-state index is 0.426. The number of rotatable bonds is 3. The summed E-state index contributed by atoms with van der Waals surface area (Å²) in [6, 6.07) is 1.30. The molecule has 0 radical (unpaired) electrons. The molecule has 0 aromatic rings. The smallest absolute Gasteiger partial charge is 0.0599 e. The lowest BCUT2D eigenvalue weighted by Gasteiger charge is -2.46. The summed E-state index contributed by atoms with van der Waals surface area (Å²) in [4.78, 5) is 2.69. The molecule has 0 amide bonds. The van der Waals surface area contributed by atoms with Gasteiger partial charge in [0.25, 0.3) is 0 Å². The Labute approximate surface area is 112 Å². The maximum atomic E-state index is 5.97. The van der Waals surface area contributed by atoms with Gasteiger partial charge in [0, 0.05) is 32.3 Å². The summed E-state index contributed by atoms with van der Waals surface area (Å²) in [6.07, 6.45) is 8.13. The first-order chi connectivity index (χ1) is 8.55. The molecule has 0 bridgehead atoms. The van der Waals surface area contributed by atoms with Crippen LogP contribution in [0.2, 0.25) is 0 Å². The molecule has 1 heterocycles. The van der Waals surface area contributed by atoms with Crippen LogP contribution < -0.4 is 5.73 Å². The average molecular weight is 254 g/mol. The molecule has 1 saturated carbocycles. The van der Waals surface area contributed by atoms with Gasteiger partial charge in [-0.3, -0.25) is 4.90 Å². The molecule has 1 aliphatic heterocycles. The Kier molecular flexibility index (Phi) is 4.68.